The lowest BCUT2D eigenvalue weighted by Crippen LogP contribution is -1.97. The smallest absolute Gasteiger partial charge is 0.348 e. The molecule has 0 fully saturated rings. The molecule has 0 atom stereocenters. The van der Waals surface area contributed by atoms with Gasteiger partial charge in [0.1, 0.15) is 15.2 Å². The summed E-state index contributed by atoms with van der Waals surface area (Å²) in [6.45, 7) is 0. The average molecular weight is 245 g/mol. The second-order valence-electron chi connectivity index (χ2n) is 3.52. The highest BCUT2D eigenvalue weighted by molar-refractivity contribution is 7.21. The van der Waals surface area contributed by atoms with Crippen molar-refractivity contribution in [1.82, 2.24) is 9.97 Å². The van der Waals surface area contributed by atoms with Crippen LogP contribution in [0, 0.1) is 0 Å². The van der Waals surface area contributed by atoms with E-state index in [1.807, 2.05) is 24.3 Å². The molecule has 0 spiro atoms. The third-order valence-corrected chi connectivity index (χ3v) is 3.51. The summed E-state index contributed by atoms with van der Waals surface area (Å²) in [4.78, 5) is 20.3. The van der Waals surface area contributed by atoms with Crippen LogP contribution in [0.5, 0.6) is 0 Å². The van der Waals surface area contributed by atoms with Gasteiger partial charge in [-0.15, -0.1) is 11.3 Å². The number of carboxylic acid groups (broad SMARTS) is 1. The molecule has 0 saturated heterocycles. The number of thiophene rings is 1. The molecule has 0 unspecified atom stereocenters. The molecule has 0 saturated carbocycles. The monoisotopic (exact) mass is 245 g/mol. The summed E-state index contributed by atoms with van der Waals surface area (Å²) in [5, 5.41) is 8.98. The Morgan fingerprint density at radius 3 is 2.53 bits per heavy atom. The Balaban J connectivity index is 2.44. The van der Waals surface area contributed by atoms with Crippen molar-refractivity contribution in [3.8, 4) is 0 Å². The van der Waals surface area contributed by atoms with Gasteiger partial charge in [-0.25, -0.2) is 14.8 Å². The molecule has 3 rings (SSSR count). The molecular formula is C11H7N3O2S. The van der Waals surface area contributed by atoms with Crippen LogP contribution in [0.1, 0.15) is 9.67 Å². The number of carbonyl (C=O) groups is 1. The lowest BCUT2D eigenvalue weighted by Gasteiger charge is -1.96. The summed E-state index contributed by atoms with van der Waals surface area (Å²) >= 11 is 1.05. The van der Waals surface area contributed by atoms with Crippen molar-refractivity contribution in [2.24, 2.45) is 0 Å². The van der Waals surface area contributed by atoms with E-state index in [1.54, 1.807) is 0 Å². The fourth-order valence-electron chi connectivity index (χ4n) is 1.65. The van der Waals surface area contributed by atoms with Crippen LogP contribution in [-0.4, -0.2) is 21.0 Å². The minimum Gasteiger partial charge on any atom is -0.477 e. The van der Waals surface area contributed by atoms with Crippen LogP contribution in [0.3, 0.4) is 0 Å². The topological polar surface area (TPSA) is 89.1 Å². The number of hydrogen-bond acceptors (Lipinski definition) is 5. The van der Waals surface area contributed by atoms with Gasteiger partial charge in [-0.05, 0) is 12.1 Å². The highest BCUT2D eigenvalue weighted by Gasteiger charge is 2.17. The van der Waals surface area contributed by atoms with E-state index in [-0.39, 0.29) is 10.6 Å². The van der Waals surface area contributed by atoms with Gasteiger partial charge in [0.2, 0.25) is 0 Å². The van der Waals surface area contributed by atoms with Crippen LogP contribution >= 0.6 is 11.3 Å². The van der Waals surface area contributed by atoms with Gasteiger partial charge in [0, 0.05) is 0 Å². The van der Waals surface area contributed by atoms with Crippen molar-refractivity contribution in [3.05, 3.63) is 29.1 Å². The van der Waals surface area contributed by atoms with Crippen molar-refractivity contribution >= 4 is 44.4 Å². The molecule has 0 amide bonds. The molecule has 6 heteroatoms. The van der Waals surface area contributed by atoms with Gasteiger partial charge in [0.25, 0.3) is 0 Å². The van der Waals surface area contributed by atoms with E-state index in [0.717, 1.165) is 16.9 Å². The zero-order chi connectivity index (χ0) is 12.0. The van der Waals surface area contributed by atoms with Crippen molar-refractivity contribution in [2.45, 2.75) is 0 Å². The number of aromatic carboxylic acids is 1. The van der Waals surface area contributed by atoms with Gasteiger partial charge in [0.05, 0.1) is 16.7 Å². The number of benzene rings is 1. The third-order valence-electron chi connectivity index (χ3n) is 2.43. The van der Waals surface area contributed by atoms with Gasteiger partial charge < -0.3 is 10.8 Å². The number of fused-ring (bicyclic) bond motifs is 2. The standard InChI is InChI=1S/C11H7N3O2S/c12-7-8-10(17-9(7)11(15)16)14-6-4-2-1-3-5(6)13-8/h1-4H,12H2,(H,15,16). The Morgan fingerprint density at radius 1 is 1.24 bits per heavy atom. The largest absolute Gasteiger partial charge is 0.477 e. The number of hydrogen-bond donors (Lipinski definition) is 2. The first-order chi connectivity index (χ1) is 8.16. The number of nitrogen functional groups attached to an aromatic ring is 1. The van der Waals surface area contributed by atoms with Crippen LogP contribution in [0.4, 0.5) is 5.69 Å². The molecule has 2 aromatic heterocycles. The normalized spacial score (nSPS) is 11.1. The van der Waals surface area contributed by atoms with Gasteiger partial charge >= 0.3 is 5.97 Å². The number of anilines is 1. The molecule has 0 radical (unpaired) electrons. The Morgan fingerprint density at radius 2 is 1.88 bits per heavy atom. The van der Waals surface area contributed by atoms with Gasteiger partial charge in [-0.1, -0.05) is 12.1 Å². The Labute approximate surface area is 99.5 Å². The average Bonchev–Trinajstić information content (AvgIpc) is 2.64. The van der Waals surface area contributed by atoms with Crippen molar-refractivity contribution in [1.29, 1.82) is 0 Å². The minimum absolute atomic E-state index is 0.0929. The molecule has 2 heterocycles. The maximum absolute atomic E-state index is 11.0. The maximum Gasteiger partial charge on any atom is 0.348 e. The van der Waals surface area contributed by atoms with Crippen molar-refractivity contribution in [3.63, 3.8) is 0 Å². The lowest BCUT2D eigenvalue weighted by atomic mass is 10.3. The van der Waals surface area contributed by atoms with E-state index >= 15 is 0 Å². The van der Waals surface area contributed by atoms with Crippen LogP contribution in [0.2, 0.25) is 0 Å². The second-order valence-corrected chi connectivity index (χ2v) is 4.52. The van der Waals surface area contributed by atoms with E-state index < -0.39 is 5.97 Å². The molecule has 0 bridgehead atoms. The molecule has 0 aliphatic carbocycles. The Bertz CT molecular complexity index is 751. The number of rotatable bonds is 1. The molecule has 5 nitrogen and oxygen atoms in total. The molecular weight excluding hydrogens is 238 g/mol. The molecule has 3 N–H and O–H groups in total. The zero-order valence-electron chi connectivity index (χ0n) is 8.54. The molecule has 17 heavy (non-hydrogen) atoms. The SMILES string of the molecule is Nc1c(C(=O)O)sc2nc3ccccc3nc12. The summed E-state index contributed by atoms with van der Waals surface area (Å²) in [6.07, 6.45) is 0. The maximum atomic E-state index is 11.0. The fourth-order valence-corrected chi connectivity index (χ4v) is 2.53. The van der Waals surface area contributed by atoms with E-state index in [2.05, 4.69) is 9.97 Å². The van der Waals surface area contributed by atoms with Crippen molar-refractivity contribution in [2.75, 3.05) is 5.73 Å². The highest BCUT2D eigenvalue weighted by Crippen LogP contribution is 2.32. The number of carboxylic acids is 1. The molecule has 0 aliphatic rings. The number of nitrogens with zero attached hydrogens (tertiary/aromatic N) is 2. The van der Waals surface area contributed by atoms with E-state index in [9.17, 15) is 4.79 Å². The number of nitrogens with two attached hydrogens (primary N) is 1. The van der Waals surface area contributed by atoms with Crippen LogP contribution in [-0.2, 0) is 0 Å². The summed E-state index contributed by atoms with van der Waals surface area (Å²) in [7, 11) is 0. The van der Waals surface area contributed by atoms with Crippen molar-refractivity contribution < 1.29 is 9.90 Å². The summed E-state index contributed by atoms with van der Waals surface area (Å²) < 4.78 is 0. The van der Waals surface area contributed by atoms with Crippen LogP contribution < -0.4 is 5.73 Å². The Hall–Kier alpha value is -2.21. The lowest BCUT2D eigenvalue weighted by molar-refractivity contribution is 0.0703. The fraction of sp³-hybridized carbons (Fsp3) is 0. The predicted octanol–water partition coefficient (Wildman–Crippen LogP) is 2.12. The zero-order valence-corrected chi connectivity index (χ0v) is 9.36. The molecule has 84 valence electrons. The first-order valence-corrected chi connectivity index (χ1v) is 5.66. The predicted molar refractivity (Wildman–Crippen MR) is 66.3 cm³/mol. The Kier molecular flexibility index (Phi) is 1.99. The first-order valence-electron chi connectivity index (χ1n) is 4.85. The van der Waals surface area contributed by atoms with Crippen LogP contribution in [0.25, 0.3) is 21.4 Å². The van der Waals surface area contributed by atoms with Gasteiger partial charge in [-0.3, -0.25) is 0 Å². The van der Waals surface area contributed by atoms with Gasteiger partial charge in [-0.2, -0.15) is 0 Å². The van der Waals surface area contributed by atoms with Gasteiger partial charge in [0.15, 0.2) is 0 Å². The molecule has 1 aromatic carbocycles. The molecule has 0 aliphatic heterocycles. The van der Waals surface area contributed by atoms with E-state index in [1.165, 1.54) is 0 Å². The number of para-hydroxylation sites is 2. The number of aromatic nitrogens is 2. The highest BCUT2D eigenvalue weighted by atomic mass is 32.1. The first kappa shape index (κ1) is 9.98. The van der Waals surface area contributed by atoms with E-state index in [0.29, 0.717) is 15.9 Å². The third kappa shape index (κ3) is 1.42. The minimum atomic E-state index is -1.05. The second kappa shape index (κ2) is 3.39. The molecule has 3 aromatic rings. The summed E-state index contributed by atoms with van der Waals surface area (Å²) in [5.41, 5.74) is 7.86. The summed E-state index contributed by atoms with van der Waals surface area (Å²) in [5.74, 6) is -1.05. The van der Waals surface area contributed by atoms with E-state index in [4.69, 9.17) is 10.8 Å². The quantitative estimate of drug-likeness (QED) is 0.685. The van der Waals surface area contributed by atoms with Crippen LogP contribution in [0.15, 0.2) is 24.3 Å². The summed E-state index contributed by atoms with van der Waals surface area (Å²) in [6, 6.07) is 7.36.